The molecule has 2 saturated heterocycles. The molecule has 0 aromatic rings. The van der Waals surface area contributed by atoms with Crippen molar-refractivity contribution in [2.24, 2.45) is 0 Å². The zero-order chi connectivity index (χ0) is 10.0. The number of β-amino-alcohol motifs (C(OH)–C–C–N with tert-alkyl or cyclic N) is 1. The number of piperazine rings is 1. The third kappa shape index (κ3) is 2.45. The topological polar surface area (TPSA) is 38.7 Å². The fourth-order valence-electron chi connectivity index (χ4n) is 2.29. The van der Waals surface area contributed by atoms with Crippen molar-refractivity contribution in [1.82, 2.24) is 15.1 Å². The van der Waals surface area contributed by atoms with Crippen molar-refractivity contribution in [2.45, 2.75) is 12.0 Å². The average molecular weight is 199 g/mol. The second kappa shape index (κ2) is 4.14. The molecule has 0 aromatic heterocycles. The summed E-state index contributed by atoms with van der Waals surface area (Å²) < 4.78 is 0. The highest BCUT2D eigenvalue weighted by Gasteiger charge is 2.33. The van der Waals surface area contributed by atoms with E-state index in [9.17, 15) is 5.11 Å². The molecule has 0 saturated carbocycles. The summed E-state index contributed by atoms with van der Waals surface area (Å²) >= 11 is 0. The molecule has 4 nitrogen and oxygen atoms in total. The Labute approximate surface area is 85.9 Å². The standard InChI is InChI=1S/C10H21N3O/c1-12-4-6-13(7-5-12)9-10(14)2-3-11-8-10/h11,14H,2-9H2,1H3. The Morgan fingerprint density at radius 3 is 2.57 bits per heavy atom. The van der Waals surface area contributed by atoms with Crippen molar-refractivity contribution in [2.75, 3.05) is 52.9 Å². The fourth-order valence-corrected chi connectivity index (χ4v) is 2.29. The van der Waals surface area contributed by atoms with Gasteiger partial charge in [0.25, 0.3) is 0 Å². The summed E-state index contributed by atoms with van der Waals surface area (Å²) in [6.07, 6.45) is 0.902. The van der Waals surface area contributed by atoms with Crippen LogP contribution in [0.15, 0.2) is 0 Å². The first kappa shape index (κ1) is 10.4. The summed E-state index contributed by atoms with van der Waals surface area (Å²) in [6, 6.07) is 0. The third-order valence-corrected chi connectivity index (χ3v) is 3.34. The van der Waals surface area contributed by atoms with Crippen LogP contribution in [0.3, 0.4) is 0 Å². The van der Waals surface area contributed by atoms with E-state index < -0.39 is 5.60 Å². The lowest BCUT2D eigenvalue weighted by Gasteiger charge is -2.36. The molecule has 0 spiro atoms. The Morgan fingerprint density at radius 1 is 1.29 bits per heavy atom. The van der Waals surface area contributed by atoms with Crippen LogP contribution in [0.4, 0.5) is 0 Å². The highest BCUT2D eigenvalue weighted by molar-refractivity contribution is 4.91. The Bertz CT molecular complexity index is 184. The van der Waals surface area contributed by atoms with Crippen molar-refractivity contribution >= 4 is 0 Å². The van der Waals surface area contributed by atoms with E-state index in [-0.39, 0.29) is 0 Å². The van der Waals surface area contributed by atoms with Gasteiger partial charge in [-0.25, -0.2) is 0 Å². The van der Waals surface area contributed by atoms with Crippen LogP contribution in [0.1, 0.15) is 6.42 Å². The van der Waals surface area contributed by atoms with Gasteiger partial charge in [0.15, 0.2) is 0 Å². The number of nitrogens with zero attached hydrogens (tertiary/aromatic N) is 2. The molecule has 82 valence electrons. The van der Waals surface area contributed by atoms with Crippen molar-refractivity contribution in [3.8, 4) is 0 Å². The summed E-state index contributed by atoms with van der Waals surface area (Å²) in [5.74, 6) is 0. The minimum absolute atomic E-state index is 0.462. The van der Waals surface area contributed by atoms with Crippen molar-refractivity contribution in [3.63, 3.8) is 0 Å². The highest BCUT2D eigenvalue weighted by atomic mass is 16.3. The van der Waals surface area contributed by atoms with E-state index in [1.807, 2.05) is 0 Å². The van der Waals surface area contributed by atoms with Crippen LogP contribution in [0, 0.1) is 0 Å². The van der Waals surface area contributed by atoms with E-state index in [0.717, 1.165) is 52.2 Å². The van der Waals surface area contributed by atoms with Gasteiger partial charge in [0.2, 0.25) is 0 Å². The molecular formula is C10H21N3O. The van der Waals surface area contributed by atoms with Crippen LogP contribution in [0.5, 0.6) is 0 Å². The maximum absolute atomic E-state index is 10.2. The van der Waals surface area contributed by atoms with Gasteiger partial charge in [0.05, 0.1) is 5.60 Å². The molecule has 0 amide bonds. The quantitative estimate of drug-likeness (QED) is 0.596. The lowest BCUT2D eigenvalue weighted by atomic mass is 10.0. The molecule has 0 aromatic carbocycles. The molecule has 1 unspecified atom stereocenters. The summed E-state index contributed by atoms with van der Waals surface area (Å²) in [7, 11) is 2.16. The van der Waals surface area contributed by atoms with Crippen molar-refractivity contribution in [3.05, 3.63) is 0 Å². The molecule has 14 heavy (non-hydrogen) atoms. The molecular weight excluding hydrogens is 178 g/mol. The predicted octanol–water partition coefficient (Wildman–Crippen LogP) is -1.04. The Kier molecular flexibility index (Phi) is 3.07. The van der Waals surface area contributed by atoms with Gasteiger partial charge in [-0.15, -0.1) is 0 Å². The lowest BCUT2D eigenvalue weighted by molar-refractivity contribution is 0.00788. The van der Waals surface area contributed by atoms with Gasteiger partial charge in [0, 0.05) is 39.3 Å². The Morgan fingerprint density at radius 2 is 2.00 bits per heavy atom. The summed E-state index contributed by atoms with van der Waals surface area (Å²) in [4.78, 5) is 4.72. The van der Waals surface area contributed by atoms with Crippen LogP contribution in [0.2, 0.25) is 0 Å². The van der Waals surface area contributed by atoms with E-state index in [4.69, 9.17) is 0 Å². The predicted molar refractivity (Wildman–Crippen MR) is 56.4 cm³/mol. The number of hydrogen-bond acceptors (Lipinski definition) is 4. The third-order valence-electron chi connectivity index (χ3n) is 3.34. The van der Waals surface area contributed by atoms with Gasteiger partial charge in [-0.1, -0.05) is 0 Å². The minimum atomic E-state index is -0.462. The molecule has 0 aliphatic carbocycles. The maximum Gasteiger partial charge on any atom is 0.0909 e. The number of likely N-dealkylation sites (N-methyl/N-ethyl adjacent to an activating group) is 1. The van der Waals surface area contributed by atoms with Gasteiger partial charge in [-0.3, -0.25) is 4.90 Å². The Balaban J connectivity index is 1.79. The van der Waals surface area contributed by atoms with Crippen molar-refractivity contribution < 1.29 is 5.11 Å². The van der Waals surface area contributed by atoms with E-state index in [1.165, 1.54) is 0 Å². The molecule has 0 radical (unpaired) electrons. The zero-order valence-corrected chi connectivity index (χ0v) is 9.00. The van der Waals surface area contributed by atoms with Crippen molar-refractivity contribution in [1.29, 1.82) is 0 Å². The van der Waals surface area contributed by atoms with E-state index in [1.54, 1.807) is 0 Å². The molecule has 2 fully saturated rings. The Hall–Kier alpha value is -0.160. The first-order chi connectivity index (χ1) is 6.68. The van der Waals surface area contributed by atoms with E-state index in [2.05, 4.69) is 22.2 Å². The van der Waals surface area contributed by atoms with Gasteiger partial charge in [-0.2, -0.15) is 0 Å². The molecule has 2 N–H and O–H groups in total. The highest BCUT2D eigenvalue weighted by Crippen LogP contribution is 2.16. The normalized spacial score (nSPS) is 36.4. The zero-order valence-electron chi connectivity index (χ0n) is 9.00. The fraction of sp³-hybridized carbons (Fsp3) is 1.00. The maximum atomic E-state index is 10.2. The molecule has 2 aliphatic rings. The van der Waals surface area contributed by atoms with Crippen LogP contribution in [-0.4, -0.2) is 73.4 Å². The van der Waals surface area contributed by atoms with Crippen LogP contribution < -0.4 is 5.32 Å². The molecule has 1 atom stereocenters. The van der Waals surface area contributed by atoms with E-state index >= 15 is 0 Å². The second-order valence-corrected chi connectivity index (χ2v) is 4.73. The van der Waals surface area contributed by atoms with Crippen LogP contribution in [0.25, 0.3) is 0 Å². The largest absolute Gasteiger partial charge is 0.387 e. The summed E-state index contributed by atoms with van der Waals surface area (Å²) in [5.41, 5.74) is -0.462. The lowest BCUT2D eigenvalue weighted by Crippen LogP contribution is -2.51. The molecule has 0 bridgehead atoms. The molecule has 2 rings (SSSR count). The first-order valence-electron chi connectivity index (χ1n) is 5.52. The average Bonchev–Trinajstić information content (AvgIpc) is 2.57. The van der Waals surface area contributed by atoms with E-state index in [0.29, 0.717) is 0 Å². The van der Waals surface area contributed by atoms with Gasteiger partial charge in [0.1, 0.15) is 0 Å². The second-order valence-electron chi connectivity index (χ2n) is 4.73. The summed E-state index contributed by atoms with van der Waals surface area (Å²) in [6.45, 7) is 7.02. The molecule has 4 heteroatoms. The monoisotopic (exact) mass is 199 g/mol. The number of rotatable bonds is 2. The first-order valence-corrected chi connectivity index (χ1v) is 5.52. The van der Waals surface area contributed by atoms with Crippen LogP contribution in [-0.2, 0) is 0 Å². The van der Waals surface area contributed by atoms with Gasteiger partial charge >= 0.3 is 0 Å². The van der Waals surface area contributed by atoms with Gasteiger partial charge < -0.3 is 15.3 Å². The number of nitrogens with one attached hydrogen (secondary N) is 1. The number of hydrogen-bond donors (Lipinski definition) is 2. The molecule has 2 heterocycles. The van der Waals surface area contributed by atoms with Crippen LogP contribution >= 0.6 is 0 Å². The SMILES string of the molecule is CN1CCN(CC2(O)CCNC2)CC1. The minimum Gasteiger partial charge on any atom is -0.387 e. The summed E-state index contributed by atoms with van der Waals surface area (Å²) in [5, 5.41) is 13.4. The van der Waals surface area contributed by atoms with Gasteiger partial charge in [-0.05, 0) is 20.0 Å². The molecule has 2 aliphatic heterocycles. The smallest absolute Gasteiger partial charge is 0.0909 e. The number of aliphatic hydroxyl groups is 1.